The van der Waals surface area contributed by atoms with Crippen LogP contribution in [-0.2, 0) is 0 Å². The van der Waals surface area contributed by atoms with Gasteiger partial charge in [0.2, 0.25) is 0 Å². The molecule has 0 N–H and O–H groups in total. The van der Waals surface area contributed by atoms with Gasteiger partial charge >= 0.3 is 0 Å². The lowest BCUT2D eigenvalue weighted by Gasteiger charge is -2.08. The van der Waals surface area contributed by atoms with E-state index in [0.29, 0.717) is 0 Å². The Morgan fingerprint density at radius 1 is 1.36 bits per heavy atom. The van der Waals surface area contributed by atoms with Crippen molar-refractivity contribution < 1.29 is 0 Å². The maximum atomic E-state index is 4.12. The van der Waals surface area contributed by atoms with Gasteiger partial charge in [0.1, 0.15) is 9.52 Å². The van der Waals surface area contributed by atoms with E-state index in [-0.39, 0.29) is 0 Å². The Labute approximate surface area is 89.9 Å². The Morgan fingerprint density at radius 2 is 2.07 bits per heavy atom. The normalized spacial score (nSPS) is 10.2. The number of aryl methyl sites for hydroxylation is 1. The van der Waals surface area contributed by atoms with Gasteiger partial charge in [-0.2, -0.15) is 0 Å². The van der Waals surface area contributed by atoms with Crippen LogP contribution in [0.15, 0.2) is 30.0 Å². The Morgan fingerprint density at radius 3 is 2.71 bits per heavy atom. The summed E-state index contributed by atoms with van der Waals surface area (Å²) < 4.78 is 0. The zero-order valence-corrected chi connectivity index (χ0v) is 10.4. The molecule has 0 spiro atoms. The molecule has 1 aromatic carbocycles. The van der Waals surface area contributed by atoms with Crippen molar-refractivity contribution in [3.63, 3.8) is 0 Å². The number of allylic oxidation sites excluding steroid dienone is 1. The molecule has 1 aromatic rings. The second-order valence-corrected chi connectivity index (χ2v) is 5.22. The third-order valence-electron chi connectivity index (χ3n) is 2.47. The summed E-state index contributed by atoms with van der Waals surface area (Å²) in [6, 6.07) is 6.54. The van der Waals surface area contributed by atoms with Crippen molar-refractivity contribution in [3.05, 3.63) is 41.1 Å². The van der Waals surface area contributed by atoms with Crippen molar-refractivity contribution >= 4 is 14.7 Å². The Hall–Kier alpha value is -0.823. The van der Waals surface area contributed by atoms with Crippen molar-refractivity contribution in [2.24, 2.45) is 0 Å². The molecule has 0 saturated heterocycles. The summed E-state index contributed by atoms with van der Waals surface area (Å²) in [6.07, 6.45) is 2.36. The van der Waals surface area contributed by atoms with E-state index in [4.69, 9.17) is 0 Å². The molecule has 14 heavy (non-hydrogen) atoms. The van der Waals surface area contributed by atoms with Crippen LogP contribution >= 0.6 is 0 Å². The van der Waals surface area contributed by atoms with Gasteiger partial charge < -0.3 is 0 Å². The van der Waals surface area contributed by atoms with Crippen molar-refractivity contribution in [1.29, 1.82) is 0 Å². The highest BCUT2D eigenvalue weighted by molar-refractivity contribution is 6.61. The molecule has 0 atom stereocenters. The molecule has 0 aromatic heterocycles. The summed E-state index contributed by atoms with van der Waals surface area (Å²) in [5, 5.41) is 2.84. The molecule has 74 valence electrons. The van der Waals surface area contributed by atoms with Gasteiger partial charge in [-0.05, 0) is 31.4 Å². The summed E-state index contributed by atoms with van der Waals surface area (Å²) in [7, 11) is 0.786. The standard InChI is InChI=1S/C13H18Si/c1-5-7-11(3)14-13-9-6-8-10(2)12(13)4/h6,8-9H,3,5,7H2,1-2,4H3. The largest absolute Gasteiger partial charge is 0.115 e. The van der Waals surface area contributed by atoms with Crippen LogP contribution in [-0.4, -0.2) is 9.52 Å². The first-order valence-electron chi connectivity index (χ1n) is 5.16. The highest BCUT2D eigenvalue weighted by Gasteiger charge is 2.03. The average Bonchev–Trinajstić information content (AvgIpc) is 2.13. The molecule has 0 aliphatic heterocycles. The molecule has 0 unspecified atom stereocenters. The van der Waals surface area contributed by atoms with Gasteiger partial charge in [-0.25, -0.2) is 0 Å². The Bertz CT molecular complexity index is 326. The summed E-state index contributed by atoms with van der Waals surface area (Å²) in [6.45, 7) is 10.7. The van der Waals surface area contributed by atoms with Crippen LogP contribution in [0.25, 0.3) is 0 Å². The maximum Gasteiger partial charge on any atom is 0.115 e. The van der Waals surface area contributed by atoms with Gasteiger partial charge in [-0.3, -0.25) is 0 Å². The SMILES string of the molecule is C=C(CCC)[Si]c1cccc(C)c1C. The minimum absolute atomic E-state index is 0.786. The first kappa shape index (κ1) is 11.3. The lowest BCUT2D eigenvalue weighted by Crippen LogP contribution is -2.20. The molecule has 0 fully saturated rings. The van der Waals surface area contributed by atoms with Gasteiger partial charge in [-0.1, -0.05) is 41.9 Å². The van der Waals surface area contributed by atoms with Crippen LogP contribution in [0.2, 0.25) is 0 Å². The van der Waals surface area contributed by atoms with Crippen molar-refractivity contribution in [2.45, 2.75) is 33.6 Å². The van der Waals surface area contributed by atoms with E-state index in [1.54, 1.807) is 0 Å². The first-order chi connectivity index (χ1) is 6.65. The summed E-state index contributed by atoms with van der Waals surface area (Å²) in [5.74, 6) is 0. The van der Waals surface area contributed by atoms with E-state index in [0.717, 1.165) is 15.9 Å². The van der Waals surface area contributed by atoms with Crippen molar-refractivity contribution in [3.8, 4) is 0 Å². The van der Waals surface area contributed by atoms with E-state index >= 15 is 0 Å². The van der Waals surface area contributed by atoms with Crippen LogP contribution in [0.3, 0.4) is 0 Å². The third-order valence-corrected chi connectivity index (χ3v) is 3.88. The van der Waals surface area contributed by atoms with E-state index < -0.39 is 0 Å². The van der Waals surface area contributed by atoms with E-state index in [9.17, 15) is 0 Å². The van der Waals surface area contributed by atoms with Crippen LogP contribution in [0, 0.1) is 13.8 Å². The van der Waals surface area contributed by atoms with Crippen molar-refractivity contribution in [2.75, 3.05) is 0 Å². The lowest BCUT2D eigenvalue weighted by molar-refractivity contribution is 0.946. The molecule has 0 heterocycles. The van der Waals surface area contributed by atoms with Gasteiger partial charge in [0.15, 0.2) is 0 Å². The average molecular weight is 202 g/mol. The molecular weight excluding hydrogens is 184 g/mol. The monoisotopic (exact) mass is 202 g/mol. The van der Waals surface area contributed by atoms with Crippen molar-refractivity contribution in [1.82, 2.24) is 0 Å². The smallest absolute Gasteiger partial charge is 0.104 e. The van der Waals surface area contributed by atoms with Crippen LogP contribution in [0.1, 0.15) is 30.9 Å². The zero-order chi connectivity index (χ0) is 10.6. The number of hydrogen-bond donors (Lipinski definition) is 0. The molecule has 1 rings (SSSR count). The number of benzene rings is 1. The maximum absolute atomic E-state index is 4.12. The summed E-state index contributed by atoms with van der Waals surface area (Å²) in [4.78, 5) is 0. The van der Waals surface area contributed by atoms with Gasteiger partial charge in [0.05, 0.1) is 0 Å². The van der Waals surface area contributed by atoms with E-state index in [2.05, 4.69) is 45.5 Å². The fourth-order valence-electron chi connectivity index (χ4n) is 1.44. The molecule has 0 aliphatic rings. The molecular formula is C13H18Si. The Kier molecular flexibility index (Phi) is 4.14. The Balaban J connectivity index is 2.76. The van der Waals surface area contributed by atoms with Crippen LogP contribution in [0.4, 0.5) is 0 Å². The molecule has 0 bridgehead atoms. The lowest BCUT2D eigenvalue weighted by atomic mass is 10.1. The predicted octanol–water partition coefficient (Wildman–Crippen LogP) is 2.95. The second kappa shape index (κ2) is 5.16. The minimum Gasteiger partial charge on any atom is -0.104 e. The van der Waals surface area contributed by atoms with Gasteiger partial charge in [-0.15, -0.1) is 6.58 Å². The molecule has 0 aliphatic carbocycles. The molecule has 1 heteroatoms. The number of rotatable bonds is 4. The minimum atomic E-state index is 0.786. The van der Waals surface area contributed by atoms with E-state index in [1.807, 2.05) is 0 Å². The third kappa shape index (κ3) is 2.84. The second-order valence-electron chi connectivity index (χ2n) is 3.73. The number of hydrogen-bond acceptors (Lipinski definition) is 0. The topological polar surface area (TPSA) is 0 Å². The van der Waals surface area contributed by atoms with Gasteiger partial charge in [0.25, 0.3) is 0 Å². The first-order valence-corrected chi connectivity index (χ1v) is 6.16. The molecule has 0 saturated carbocycles. The highest BCUT2D eigenvalue weighted by atomic mass is 28.2. The highest BCUT2D eigenvalue weighted by Crippen LogP contribution is 2.05. The quantitative estimate of drug-likeness (QED) is 0.659. The predicted molar refractivity (Wildman–Crippen MR) is 65.4 cm³/mol. The van der Waals surface area contributed by atoms with Gasteiger partial charge in [0, 0.05) is 0 Å². The summed E-state index contributed by atoms with van der Waals surface area (Å²) in [5.41, 5.74) is 2.82. The molecule has 2 radical (unpaired) electrons. The zero-order valence-electron chi connectivity index (χ0n) is 9.35. The summed E-state index contributed by atoms with van der Waals surface area (Å²) >= 11 is 0. The van der Waals surface area contributed by atoms with E-state index in [1.165, 1.54) is 27.9 Å². The fourth-order valence-corrected chi connectivity index (χ4v) is 2.76. The van der Waals surface area contributed by atoms with Crippen LogP contribution < -0.4 is 5.19 Å². The molecule has 0 amide bonds. The fraction of sp³-hybridized carbons (Fsp3) is 0.385. The molecule has 0 nitrogen and oxygen atoms in total. The van der Waals surface area contributed by atoms with Crippen LogP contribution in [0.5, 0.6) is 0 Å².